The van der Waals surface area contributed by atoms with E-state index >= 15 is 0 Å². The molecule has 0 aliphatic rings. The van der Waals surface area contributed by atoms with Gasteiger partial charge in [-0.1, -0.05) is 42.1 Å². The molecule has 0 aliphatic carbocycles. The lowest BCUT2D eigenvalue weighted by Gasteiger charge is -2.13. The minimum atomic E-state index is -0.172. The van der Waals surface area contributed by atoms with E-state index in [1.165, 1.54) is 6.08 Å². The van der Waals surface area contributed by atoms with Gasteiger partial charge in [0.15, 0.2) is 0 Å². The zero-order chi connectivity index (χ0) is 16.4. The number of nitrogens with zero attached hydrogens (tertiary/aromatic N) is 3. The largest absolute Gasteiger partial charge is 0.346 e. The first-order chi connectivity index (χ1) is 11.1. The first kappa shape index (κ1) is 15.0. The molecule has 1 atom stereocenters. The van der Waals surface area contributed by atoms with Gasteiger partial charge in [-0.25, -0.2) is 4.68 Å². The molecule has 0 aliphatic heterocycles. The SMILES string of the molecule is C=CC(=O)N[C@H](C)c1ccc(-c2ccc3c(c2)nnn3C)cc1. The van der Waals surface area contributed by atoms with Crippen LogP contribution in [0.4, 0.5) is 0 Å². The number of fused-ring (bicyclic) bond motifs is 1. The van der Waals surface area contributed by atoms with Gasteiger partial charge < -0.3 is 5.32 Å². The van der Waals surface area contributed by atoms with Gasteiger partial charge in [-0.2, -0.15) is 0 Å². The van der Waals surface area contributed by atoms with Crippen molar-refractivity contribution in [2.24, 2.45) is 7.05 Å². The molecule has 3 rings (SSSR count). The third-order valence-corrected chi connectivity index (χ3v) is 3.90. The summed E-state index contributed by atoms with van der Waals surface area (Å²) in [6.07, 6.45) is 1.28. The van der Waals surface area contributed by atoms with E-state index in [9.17, 15) is 4.79 Å². The molecule has 0 bridgehead atoms. The van der Waals surface area contributed by atoms with Gasteiger partial charge in [0.2, 0.25) is 5.91 Å². The molecule has 1 amide bonds. The standard InChI is InChI=1S/C18H18N4O/c1-4-18(23)19-12(2)13-5-7-14(8-6-13)15-9-10-17-16(11-15)20-21-22(17)3/h4-12H,1H2,2-3H3,(H,19,23)/t12-/m1/s1. The average Bonchev–Trinajstić information content (AvgIpc) is 2.95. The maximum Gasteiger partial charge on any atom is 0.243 e. The van der Waals surface area contributed by atoms with Gasteiger partial charge in [-0.3, -0.25) is 4.79 Å². The van der Waals surface area contributed by atoms with Crippen molar-refractivity contribution < 1.29 is 4.79 Å². The third-order valence-electron chi connectivity index (χ3n) is 3.90. The Morgan fingerprint density at radius 2 is 1.91 bits per heavy atom. The van der Waals surface area contributed by atoms with Crippen LogP contribution < -0.4 is 5.32 Å². The second-order valence-corrected chi connectivity index (χ2v) is 5.47. The molecule has 5 nitrogen and oxygen atoms in total. The van der Waals surface area contributed by atoms with Crippen LogP contribution in [-0.4, -0.2) is 20.9 Å². The van der Waals surface area contributed by atoms with E-state index in [0.29, 0.717) is 0 Å². The maximum atomic E-state index is 11.4. The number of benzene rings is 2. The Bertz CT molecular complexity index is 864. The van der Waals surface area contributed by atoms with Crippen LogP contribution in [0.2, 0.25) is 0 Å². The number of hydrogen-bond acceptors (Lipinski definition) is 3. The normalized spacial score (nSPS) is 12.1. The molecule has 2 aromatic carbocycles. The zero-order valence-corrected chi connectivity index (χ0v) is 13.2. The summed E-state index contributed by atoms with van der Waals surface area (Å²) in [6.45, 7) is 5.41. The Labute approximate surface area is 134 Å². The summed E-state index contributed by atoms with van der Waals surface area (Å²) in [4.78, 5) is 11.4. The number of amides is 1. The van der Waals surface area contributed by atoms with Crippen molar-refractivity contribution in [1.82, 2.24) is 20.3 Å². The van der Waals surface area contributed by atoms with E-state index in [2.05, 4.69) is 28.3 Å². The number of hydrogen-bond donors (Lipinski definition) is 1. The summed E-state index contributed by atoms with van der Waals surface area (Å²) in [6, 6.07) is 14.2. The Morgan fingerprint density at radius 1 is 1.22 bits per heavy atom. The Balaban J connectivity index is 1.85. The van der Waals surface area contributed by atoms with E-state index in [-0.39, 0.29) is 11.9 Å². The molecule has 0 saturated carbocycles. The molecule has 116 valence electrons. The van der Waals surface area contributed by atoms with Gasteiger partial charge in [-0.15, -0.1) is 5.10 Å². The summed E-state index contributed by atoms with van der Waals surface area (Å²) in [5, 5.41) is 11.0. The van der Waals surface area contributed by atoms with E-state index < -0.39 is 0 Å². The van der Waals surface area contributed by atoms with E-state index in [1.807, 2.05) is 50.4 Å². The second kappa shape index (κ2) is 6.04. The Morgan fingerprint density at radius 3 is 2.61 bits per heavy atom. The molecule has 0 radical (unpaired) electrons. The van der Waals surface area contributed by atoms with Crippen LogP contribution in [0.5, 0.6) is 0 Å². The highest BCUT2D eigenvalue weighted by molar-refractivity contribution is 5.87. The predicted octanol–water partition coefficient (Wildman–Crippen LogP) is 3.00. The molecule has 1 heterocycles. The maximum absolute atomic E-state index is 11.4. The molecule has 3 aromatic rings. The summed E-state index contributed by atoms with van der Waals surface area (Å²) >= 11 is 0. The monoisotopic (exact) mass is 306 g/mol. The van der Waals surface area contributed by atoms with Crippen LogP contribution in [0.15, 0.2) is 55.1 Å². The van der Waals surface area contributed by atoms with Gasteiger partial charge in [-0.05, 0) is 41.8 Å². The highest BCUT2D eigenvalue weighted by Crippen LogP contribution is 2.24. The minimum absolute atomic E-state index is 0.0583. The van der Waals surface area contributed by atoms with Crippen LogP contribution >= 0.6 is 0 Å². The van der Waals surface area contributed by atoms with E-state index in [4.69, 9.17) is 0 Å². The van der Waals surface area contributed by atoms with Crippen molar-refractivity contribution >= 4 is 16.9 Å². The van der Waals surface area contributed by atoms with E-state index in [0.717, 1.165) is 27.7 Å². The molecular weight excluding hydrogens is 288 g/mol. The molecule has 0 saturated heterocycles. The third kappa shape index (κ3) is 2.99. The molecular formula is C18H18N4O. The van der Waals surface area contributed by atoms with Gasteiger partial charge in [0.05, 0.1) is 11.6 Å². The molecule has 0 fully saturated rings. The molecule has 1 N–H and O–H groups in total. The fourth-order valence-corrected chi connectivity index (χ4v) is 2.54. The van der Waals surface area contributed by atoms with Crippen molar-refractivity contribution in [1.29, 1.82) is 0 Å². The van der Waals surface area contributed by atoms with Crippen LogP contribution in [0, 0.1) is 0 Å². The molecule has 0 spiro atoms. The quantitative estimate of drug-likeness (QED) is 0.754. The summed E-state index contributed by atoms with van der Waals surface area (Å²) in [5.74, 6) is -0.172. The van der Waals surface area contributed by atoms with Crippen molar-refractivity contribution in [3.63, 3.8) is 0 Å². The molecule has 0 unspecified atom stereocenters. The van der Waals surface area contributed by atoms with Gasteiger partial charge >= 0.3 is 0 Å². The van der Waals surface area contributed by atoms with Gasteiger partial charge in [0.1, 0.15) is 5.52 Å². The first-order valence-corrected chi connectivity index (χ1v) is 7.41. The van der Waals surface area contributed by atoms with Gasteiger partial charge in [0.25, 0.3) is 0 Å². The second-order valence-electron chi connectivity index (χ2n) is 5.47. The Kier molecular flexibility index (Phi) is 3.93. The molecule has 23 heavy (non-hydrogen) atoms. The van der Waals surface area contributed by atoms with Crippen LogP contribution in [0.25, 0.3) is 22.2 Å². The highest BCUT2D eigenvalue weighted by Gasteiger charge is 2.08. The summed E-state index contributed by atoms with van der Waals surface area (Å²) in [7, 11) is 1.88. The molecule has 5 heteroatoms. The number of carbonyl (C=O) groups is 1. The first-order valence-electron chi connectivity index (χ1n) is 7.41. The average molecular weight is 306 g/mol. The van der Waals surface area contributed by atoms with E-state index in [1.54, 1.807) is 4.68 Å². The van der Waals surface area contributed by atoms with Crippen molar-refractivity contribution in [2.75, 3.05) is 0 Å². The number of nitrogens with one attached hydrogen (secondary N) is 1. The zero-order valence-electron chi connectivity index (χ0n) is 13.2. The number of rotatable bonds is 4. The Hall–Kier alpha value is -2.95. The van der Waals surface area contributed by atoms with Crippen LogP contribution in [-0.2, 0) is 11.8 Å². The summed E-state index contributed by atoms with van der Waals surface area (Å²) < 4.78 is 1.76. The number of aryl methyl sites for hydroxylation is 1. The number of carbonyl (C=O) groups excluding carboxylic acids is 1. The molecule has 1 aromatic heterocycles. The minimum Gasteiger partial charge on any atom is -0.346 e. The fraction of sp³-hybridized carbons (Fsp3) is 0.167. The predicted molar refractivity (Wildman–Crippen MR) is 90.7 cm³/mol. The van der Waals surface area contributed by atoms with Crippen LogP contribution in [0.1, 0.15) is 18.5 Å². The van der Waals surface area contributed by atoms with Crippen molar-refractivity contribution in [3.05, 3.63) is 60.7 Å². The van der Waals surface area contributed by atoms with Gasteiger partial charge in [0, 0.05) is 7.05 Å². The van der Waals surface area contributed by atoms with Crippen LogP contribution in [0.3, 0.4) is 0 Å². The summed E-state index contributed by atoms with van der Waals surface area (Å²) in [5.41, 5.74) is 5.12. The smallest absolute Gasteiger partial charge is 0.243 e. The fourth-order valence-electron chi connectivity index (χ4n) is 2.54. The lowest BCUT2D eigenvalue weighted by Crippen LogP contribution is -2.24. The lowest BCUT2D eigenvalue weighted by atomic mass is 10.0. The van der Waals surface area contributed by atoms with Crippen molar-refractivity contribution in [3.8, 4) is 11.1 Å². The lowest BCUT2D eigenvalue weighted by molar-refractivity contribution is -0.117. The number of aromatic nitrogens is 3. The van der Waals surface area contributed by atoms with Crippen molar-refractivity contribution in [2.45, 2.75) is 13.0 Å². The topological polar surface area (TPSA) is 59.8 Å². The highest BCUT2D eigenvalue weighted by atomic mass is 16.1.